The average molecular weight is 820 g/mol. The maximum absolute atomic E-state index is 11.9. The molecule has 49 heavy (non-hydrogen) atoms. The molecule has 0 unspecified atom stereocenters. The van der Waals surface area contributed by atoms with Crippen molar-refractivity contribution in [1.29, 1.82) is 0 Å². The third kappa shape index (κ3) is 6.04. The minimum atomic E-state index is -0.0880. The number of aryl methyl sites for hydroxylation is 1. The second-order valence-electron chi connectivity index (χ2n) is 13.8. The first-order valence-corrected chi connectivity index (χ1v) is 16.9. The summed E-state index contributed by atoms with van der Waals surface area (Å²) in [6.07, 6.45) is 5.95. The van der Waals surface area contributed by atoms with E-state index >= 15 is 0 Å². The molecule has 1 N–H and O–H groups in total. The molecule has 0 saturated carbocycles. The quantitative estimate of drug-likeness (QED) is 0.176. The van der Waals surface area contributed by atoms with Crippen molar-refractivity contribution < 1.29 is 26.2 Å². The van der Waals surface area contributed by atoms with Gasteiger partial charge >= 0.3 is 0 Å². The number of benzene rings is 5. The van der Waals surface area contributed by atoms with Gasteiger partial charge in [-0.15, -0.1) is 29.3 Å². The summed E-state index contributed by atoms with van der Waals surface area (Å²) >= 11 is 0. The third-order valence-electron chi connectivity index (χ3n) is 9.62. The number of aromatic nitrogens is 3. The molecule has 1 aliphatic carbocycles. The van der Waals surface area contributed by atoms with Crippen molar-refractivity contribution in [2.45, 2.75) is 51.9 Å². The summed E-state index contributed by atoms with van der Waals surface area (Å²) in [5, 5.41) is 11.9. The molecule has 5 aromatic carbocycles. The number of para-hydroxylation sites is 2. The molecule has 0 aliphatic heterocycles. The Kier molecular flexibility index (Phi) is 8.86. The fourth-order valence-electron chi connectivity index (χ4n) is 7.07. The van der Waals surface area contributed by atoms with E-state index in [-0.39, 0.29) is 26.5 Å². The van der Waals surface area contributed by atoms with Crippen LogP contribution in [0.3, 0.4) is 0 Å². The zero-order valence-corrected chi connectivity index (χ0v) is 30.3. The molecular formula is C44H38N3OPt-. The van der Waals surface area contributed by atoms with E-state index in [4.69, 9.17) is 4.98 Å². The van der Waals surface area contributed by atoms with Crippen LogP contribution < -0.4 is 0 Å². The van der Waals surface area contributed by atoms with Crippen molar-refractivity contribution in [3.05, 3.63) is 144 Å². The summed E-state index contributed by atoms with van der Waals surface area (Å²) in [6, 6.07) is 43.8. The van der Waals surface area contributed by atoms with Crippen LogP contribution in [0.5, 0.6) is 5.75 Å². The summed E-state index contributed by atoms with van der Waals surface area (Å²) in [5.41, 5.74) is 13.0. The van der Waals surface area contributed by atoms with E-state index in [1.807, 2.05) is 30.5 Å². The SMILES string of the molecule is CC(C)(C)c1cc(-c2ccccn2)[c-]c(-c2cccc3c2nc(-c2ccc4c(c2O)CCCC4)n3-c2ccccc2-c2ccccc2)c1.[Pt]. The molecule has 5 heteroatoms. The molecule has 246 valence electrons. The van der Waals surface area contributed by atoms with Crippen molar-refractivity contribution in [3.63, 3.8) is 0 Å². The van der Waals surface area contributed by atoms with Gasteiger partial charge in [-0.3, -0.25) is 9.55 Å². The van der Waals surface area contributed by atoms with Crippen LogP contribution in [0, 0.1) is 6.07 Å². The van der Waals surface area contributed by atoms with E-state index in [0.717, 1.165) is 92.9 Å². The molecule has 0 bridgehead atoms. The molecule has 8 rings (SSSR count). The van der Waals surface area contributed by atoms with Gasteiger partial charge in [-0.25, -0.2) is 4.98 Å². The minimum absolute atomic E-state index is 0. The van der Waals surface area contributed by atoms with Crippen LogP contribution in [-0.4, -0.2) is 19.6 Å². The molecule has 7 aromatic rings. The van der Waals surface area contributed by atoms with E-state index < -0.39 is 0 Å². The molecule has 0 amide bonds. The van der Waals surface area contributed by atoms with Crippen LogP contribution in [0.15, 0.2) is 121 Å². The first-order chi connectivity index (χ1) is 23.4. The number of rotatable bonds is 5. The van der Waals surface area contributed by atoms with Gasteiger partial charge in [-0.1, -0.05) is 111 Å². The smallest absolute Gasteiger partial charge is 0.148 e. The second-order valence-corrected chi connectivity index (χ2v) is 13.8. The zero-order chi connectivity index (χ0) is 32.8. The van der Waals surface area contributed by atoms with Gasteiger partial charge in [-0.05, 0) is 72.1 Å². The van der Waals surface area contributed by atoms with Crippen molar-refractivity contribution >= 4 is 11.0 Å². The number of phenols is 1. The largest absolute Gasteiger partial charge is 0.507 e. The molecule has 4 nitrogen and oxygen atoms in total. The maximum atomic E-state index is 11.9. The minimum Gasteiger partial charge on any atom is -0.507 e. The van der Waals surface area contributed by atoms with Gasteiger partial charge in [0.05, 0.1) is 22.3 Å². The van der Waals surface area contributed by atoms with Crippen molar-refractivity contribution in [3.8, 4) is 56.3 Å². The zero-order valence-electron chi connectivity index (χ0n) is 28.0. The second kappa shape index (κ2) is 13.3. The Morgan fingerprint density at radius 3 is 2.24 bits per heavy atom. The molecule has 0 atom stereocenters. The van der Waals surface area contributed by atoms with E-state index in [9.17, 15) is 5.11 Å². The number of pyridine rings is 1. The van der Waals surface area contributed by atoms with Gasteiger partial charge in [-0.2, -0.15) is 0 Å². The maximum Gasteiger partial charge on any atom is 0.148 e. The Bertz CT molecular complexity index is 2280. The van der Waals surface area contributed by atoms with Gasteiger partial charge in [0.2, 0.25) is 0 Å². The Hall–Kier alpha value is -4.79. The molecule has 0 saturated heterocycles. The summed E-state index contributed by atoms with van der Waals surface area (Å²) < 4.78 is 2.23. The van der Waals surface area contributed by atoms with Gasteiger partial charge in [0.25, 0.3) is 0 Å². The van der Waals surface area contributed by atoms with E-state index in [1.54, 1.807) is 0 Å². The normalized spacial score (nSPS) is 12.8. The number of phenolic OH excluding ortho intramolecular Hbond substituents is 1. The van der Waals surface area contributed by atoms with Crippen LogP contribution in [0.4, 0.5) is 0 Å². The van der Waals surface area contributed by atoms with Crippen LogP contribution in [0.2, 0.25) is 0 Å². The van der Waals surface area contributed by atoms with Crippen LogP contribution in [0.25, 0.3) is 61.6 Å². The predicted octanol–water partition coefficient (Wildman–Crippen LogP) is 10.8. The number of fused-ring (bicyclic) bond motifs is 2. The van der Waals surface area contributed by atoms with Crippen LogP contribution in [0.1, 0.15) is 50.3 Å². The summed E-state index contributed by atoms with van der Waals surface area (Å²) in [6.45, 7) is 6.71. The fourth-order valence-corrected chi connectivity index (χ4v) is 7.07. The number of hydrogen-bond donors (Lipinski definition) is 1. The van der Waals surface area contributed by atoms with Crippen molar-refractivity contribution in [2.24, 2.45) is 0 Å². The van der Waals surface area contributed by atoms with E-state index in [0.29, 0.717) is 5.75 Å². The van der Waals surface area contributed by atoms with Gasteiger partial charge in [0.15, 0.2) is 0 Å². The number of imidazole rings is 1. The van der Waals surface area contributed by atoms with Crippen LogP contribution >= 0.6 is 0 Å². The Morgan fingerprint density at radius 2 is 1.45 bits per heavy atom. The van der Waals surface area contributed by atoms with Gasteiger partial charge in [0.1, 0.15) is 11.6 Å². The molecule has 2 heterocycles. The molecule has 0 fully saturated rings. The molecule has 0 spiro atoms. The Balaban J connectivity index is 0.00000378. The molecular weight excluding hydrogens is 782 g/mol. The van der Waals surface area contributed by atoms with E-state index in [1.165, 1.54) is 11.1 Å². The standard InChI is InChI=1S/C44H38N3O.Pt/c1-44(2,3)33-27-31(26-32(28-33)38-20-11-12-25-45-38)35-19-13-22-40-41(35)46-43(37-24-23-30-16-7-8-18-36(30)42(37)48)47(40)39-21-10-9-17-34(39)29-14-5-4-6-15-29;/h4-6,9-15,17,19-25,27-28,48H,7-8,16,18H2,1-3H3;/q-1;. The third-order valence-corrected chi connectivity index (χ3v) is 9.62. The molecule has 1 aliphatic rings. The first kappa shape index (κ1) is 32.7. The predicted molar refractivity (Wildman–Crippen MR) is 196 cm³/mol. The van der Waals surface area contributed by atoms with E-state index in [2.05, 4.69) is 127 Å². The topological polar surface area (TPSA) is 50.9 Å². The van der Waals surface area contributed by atoms with Gasteiger partial charge < -0.3 is 5.11 Å². The first-order valence-electron chi connectivity index (χ1n) is 16.9. The summed E-state index contributed by atoms with van der Waals surface area (Å²) in [7, 11) is 0. The molecule has 0 radical (unpaired) electrons. The van der Waals surface area contributed by atoms with Gasteiger partial charge in [0, 0.05) is 38.5 Å². The van der Waals surface area contributed by atoms with Crippen LogP contribution in [-0.2, 0) is 39.3 Å². The summed E-state index contributed by atoms with van der Waals surface area (Å²) in [4.78, 5) is 10.1. The Morgan fingerprint density at radius 1 is 0.714 bits per heavy atom. The molecule has 2 aromatic heterocycles. The van der Waals surface area contributed by atoms with Crippen molar-refractivity contribution in [2.75, 3.05) is 0 Å². The fraction of sp³-hybridized carbons (Fsp3) is 0.182. The average Bonchev–Trinajstić information content (AvgIpc) is 3.51. The number of hydrogen-bond acceptors (Lipinski definition) is 3. The van der Waals surface area contributed by atoms with Crippen molar-refractivity contribution in [1.82, 2.24) is 14.5 Å². The number of aromatic hydroxyl groups is 1. The number of nitrogens with zero attached hydrogens (tertiary/aromatic N) is 3. The summed E-state index contributed by atoms with van der Waals surface area (Å²) in [5.74, 6) is 1.07. The monoisotopic (exact) mass is 819 g/mol. The Labute approximate surface area is 302 Å².